The Bertz CT molecular complexity index is 768. The number of fused-ring (bicyclic) bond motifs is 1. The van der Waals surface area contributed by atoms with Crippen molar-refractivity contribution in [3.8, 4) is 0 Å². The molecule has 0 bridgehead atoms. The molecule has 1 saturated heterocycles. The van der Waals surface area contributed by atoms with Crippen LogP contribution in [0, 0.1) is 6.92 Å². The third-order valence-corrected chi connectivity index (χ3v) is 4.39. The number of benzene rings is 1. The van der Waals surface area contributed by atoms with E-state index in [1.54, 1.807) is 31.2 Å². The van der Waals surface area contributed by atoms with Crippen molar-refractivity contribution in [3.05, 3.63) is 46.8 Å². The molecule has 1 unspecified atom stereocenters. The molecule has 2 aliphatic heterocycles. The molecule has 1 aromatic rings. The van der Waals surface area contributed by atoms with Crippen molar-refractivity contribution in [2.45, 2.75) is 25.9 Å². The van der Waals surface area contributed by atoms with Gasteiger partial charge in [0.2, 0.25) is 0 Å². The number of hydrogen-bond acceptors (Lipinski definition) is 6. The summed E-state index contributed by atoms with van der Waals surface area (Å²) in [4.78, 5) is 39.4. The highest BCUT2D eigenvalue weighted by molar-refractivity contribution is 6.25. The lowest BCUT2D eigenvalue weighted by molar-refractivity contribution is -0.168. The summed E-state index contributed by atoms with van der Waals surface area (Å²) in [6.07, 6.45) is 0.653. The van der Waals surface area contributed by atoms with Gasteiger partial charge in [0.15, 0.2) is 5.78 Å². The zero-order chi connectivity index (χ0) is 18.2. The highest BCUT2D eigenvalue weighted by atomic mass is 16.6. The van der Waals surface area contributed by atoms with E-state index < -0.39 is 23.3 Å². The molecule has 0 spiro atoms. The number of nitrogens with one attached hydrogen (secondary N) is 1. The van der Waals surface area contributed by atoms with Gasteiger partial charge in [0.1, 0.15) is 5.82 Å². The lowest BCUT2D eigenvalue weighted by Crippen LogP contribution is -2.52. The monoisotopic (exact) mass is 344 g/mol. The number of amides is 1. The van der Waals surface area contributed by atoms with Gasteiger partial charge in [-0.1, -0.05) is 29.8 Å². The van der Waals surface area contributed by atoms with Gasteiger partial charge in [-0.3, -0.25) is 14.5 Å². The fraction of sp³-hybridized carbons (Fsp3) is 0.389. The van der Waals surface area contributed by atoms with Gasteiger partial charge in [0, 0.05) is 18.7 Å². The van der Waals surface area contributed by atoms with Gasteiger partial charge < -0.3 is 15.2 Å². The topological polar surface area (TPSA) is 95.9 Å². The first-order valence-corrected chi connectivity index (χ1v) is 8.22. The molecule has 2 aliphatic rings. The van der Waals surface area contributed by atoms with E-state index in [2.05, 4.69) is 5.32 Å². The summed E-state index contributed by atoms with van der Waals surface area (Å²) in [5.41, 5.74) is -1.63. The van der Waals surface area contributed by atoms with Crippen molar-refractivity contribution in [3.63, 3.8) is 0 Å². The maximum atomic E-state index is 13.0. The van der Waals surface area contributed by atoms with E-state index in [1.807, 2.05) is 6.92 Å². The number of esters is 1. The van der Waals surface area contributed by atoms with Gasteiger partial charge in [-0.05, 0) is 20.3 Å². The van der Waals surface area contributed by atoms with Crippen molar-refractivity contribution in [2.24, 2.45) is 0 Å². The fourth-order valence-electron chi connectivity index (χ4n) is 3.10. The van der Waals surface area contributed by atoms with E-state index in [9.17, 15) is 19.5 Å². The molecule has 1 amide bonds. The number of carbonyl (C=O) groups excluding carboxylic acids is 3. The molecular formula is C18H20N2O5. The van der Waals surface area contributed by atoms with E-state index >= 15 is 0 Å². The predicted octanol–water partition coefficient (Wildman–Crippen LogP) is 0.519. The SMILES string of the molecule is CCOC(=O)C1(O)C(=O)N2CCCNC2=C1C(=O)c1ccc(C)cc1. The van der Waals surface area contributed by atoms with Gasteiger partial charge in [0.25, 0.3) is 11.5 Å². The van der Waals surface area contributed by atoms with Crippen LogP contribution >= 0.6 is 0 Å². The van der Waals surface area contributed by atoms with Crippen molar-refractivity contribution in [2.75, 3.05) is 19.7 Å². The van der Waals surface area contributed by atoms with E-state index in [1.165, 1.54) is 4.90 Å². The van der Waals surface area contributed by atoms with E-state index in [-0.39, 0.29) is 23.6 Å². The molecule has 1 aromatic carbocycles. The summed E-state index contributed by atoms with van der Waals surface area (Å²) in [6.45, 7) is 4.31. The van der Waals surface area contributed by atoms with Gasteiger partial charge in [0.05, 0.1) is 12.2 Å². The van der Waals surface area contributed by atoms with Crippen LogP contribution in [-0.2, 0) is 14.3 Å². The maximum absolute atomic E-state index is 13.0. The van der Waals surface area contributed by atoms with E-state index in [4.69, 9.17) is 4.74 Å². The summed E-state index contributed by atoms with van der Waals surface area (Å²) in [5, 5.41) is 13.9. The van der Waals surface area contributed by atoms with Gasteiger partial charge >= 0.3 is 5.97 Å². The first-order chi connectivity index (χ1) is 11.9. The molecule has 25 heavy (non-hydrogen) atoms. The normalized spacial score (nSPS) is 22.5. The molecule has 0 aromatic heterocycles. The molecule has 132 valence electrons. The largest absolute Gasteiger partial charge is 0.463 e. The number of aliphatic hydroxyl groups is 1. The van der Waals surface area contributed by atoms with Crippen LogP contribution in [-0.4, -0.2) is 53.0 Å². The molecule has 0 saturated carbocycles. The second-order valence-electron chi connectivity index (χ2n) is 6.09. The number of hydrogen-bond donors (Lipinski definition) is 2. The van der Waals surface area contributed by atoms with Crippen LogP contribution in [0.1, 0.15) is 29.3 Å². The first-order valence-electron chi connectivity index (χ1n) is 8.22. The minimum absolute atomic E-state index is 0.0107. The minimum atomic E-state index is -2.62. The zero-order valence-electron chi connectivity index (χ0n) is 14.2. The van der Waals surface area contributed by atoms with Gasteiger partial charge in [-0.25, -0.2) is 4.79 Å². The van der Waals surface area contributed by atoms with Crippen molar-refractivity contribution in [1.29, 1.82) is 0 Å². The lowest BCUT2D eigenvalue weighted by atomic mass is 9.89. The molecule has 0 aliphatic carbocycles. The summed E-state index contributed by atoms with van der Waals surface area (Å²) in [6, 6.07) is 6.72. The van der Waals surface area contributed by atoms with Crippen LogP contribution in [0.5, 0.6) is 0 Å². The molecule has 7 nitrogen and oxygen atoms in total. The molecule has 3 rings (SSSR count). The van der Waals surface area contributed by atoms with E-state index in [0.29, 0.717) is 19.5 Å². The van der Waals surface area contributed by atoms with Crippen LogP contribution in [0.2, 0.25) is 0 Å². The number of ketones is 1. The Morgan fingerprint density at radius 1 is 1.32 bits per heavy atom. The maximum Gasteiger partial charge on any atom is 0.353 e. The third-order valence-electron chi connectivity index (χ3n) is 4.39. The fourth-order valence-corrected chi connectivity index (χ4v) is 3.10. The Balaban J connectivity index is 2.13. The lowest BCUT2D eigenvalue weighted by Gasteiger charge is -2.27. The van der Waals surface area contributed by atoms with Crippen molar-refractivity contribution in [1.82, 2.24) is 10.2 Å². The number of ether oxygens (including phenoxy) is 1. The van der Waals surface area contributed by atoms with Crippen LogP contribution < -0.4 is 5.32 Å². The Morgan fingerprint density at radius 3 is 2.64 bits per heavy atom. The predicted molar refractivity (Wildman–Crippen MR) is 88.5 cm³/mol. The number of carbonyl (C=O) groups is 3. The summed E-state index contributed by atoms with van der Waals surface area (Å²) in [5.74, 6) is -2.35. The summed E-state index contributed by atoms with van der Waals surface area (Å²) in [7, 11) is 0. The van der Waals surface area contributed by atoms with Gasteiger partial charge in [-0.2, -0.15) is 0 Å². The quantitative estimate of drug-likeness (QED) is 0.470. The van der Waals surface area contributed by atoms with Crippen molar-refractivity contribution < 1.29 is 24.2 Å². The molecule has 2 heterocycles. The van der Waals surface area contributed by atoms with Crippen LogP contribution in [0.3, 0.4) is 0 Å². The number of Topliss-reactive ketones (excluding diaryl/α,β-unsaturated/α-hetero) is 1. The molecule has 2 N–H and O–H groups in total. The molecule has 0 radical (unpaired) electrons. The summed E-state index contributed by atoms with van der Waals surface area (Å²) < 4.78 is 4.89. The van der Waals surface area contributed by atoms with Crippen LogP contribution in [0.15, 0.2) is 35.7 Å². The van der Waals surface area contributed by atoms with E-state index in [0.717, 1.165) is 5.56 Å². The first kappa shape index (κ1) is 17.2. The third kappa shape index (κ3) is 2.60. The highest BCUT2D eigenvalue weighted by Crippen LogP contribution is 2.36. The highest BCUT2D eigenvalue weighted by Gasteiger charge is 2.61. The molecular weight excluding hydrogens is 324 g/mol. The second-order valence-corrected chi connectivity index (χ2v) is 6.09. The molecule has 7 heteroatoms. The number of nitrogens with zero attached hydrogens (tertiary/aromatic N) is 1. The molecule has 1 fully saturated rings. The zero-order valence-corrected chi connectivity index (χ0v) is 14.2. The average molecular weight is 344 g/mol. The Hall–Kier alpha value is -2.67. The Labute approximate surface area is 145 Å². The van der Waals surface area contributed by atoms with Gasteiger partial charge in [-0.15, -0.1) is 0 Å². The van der Waals surface area contributed by atoms with Crippen LogP contribution in [0.4, 0.5) is 0 Å². The second kappa shape index (κ2) is 6.33. The van der Waals surface area contributed by atoms with Crippen LogP contribution in [0.25, 0.3) is 0 Å². The Kier molecular flexibility index (Phi) is 4.34. The number of rotatable bonds is 4. The molecule has 1 atom stereocenters. The smallest absolute Gasteiger partial charge is 0.353 e. The minimum Gasteiger partial charge on any atom is -0.463 e. The standard InChI is InChI=1S/C18H20N2O5/c1-3-25-17(23)18(24)13(14(21)12-7-5-11(2)6-8-12)15-19-9-4-10-20(15)16(18)22/h5-8,19,24H,3-4,9-10H2,1-2H3. The summed E-state index contributed by atoms with van der Waals surface area (Å²) >= 11 is 0. The van der Waals surface area contributed by atoms with Crippen molar-refractivity contribution >= 4 is 17.7 Å². The average Bonchev–Trinajstić information content (AvgIpc) is 2.84. The number of aryl methyl sites for hydroxylation is 1. The Morgan fingerprint density at radius 2 is 2.00 bits per heavy atom.